The Hall–Kier alpha value is -4.37. The van der Waals surface area contributed by atoms with Crippen LogP contribution in [-0.4, -0.2) is 17.0 Å². The summed E-state index contributed by atoms with van der Waals surface area (Å²) in [4.78, 5) is 23.5. The highest BCUT2D eigenvalue weighted by Crippen LogP contribution is 2.19. The molecule has 0 unspecified atom stereocenters. The third-order valence-electron chi connectivity index (χ3n) is 4.43. The van der Waals surface area contributed by atoms with Gasteiger partial charge in [0.25, 0.3) is 5.91 Å². The molecule has 0 fully saturated rings. The third-order valence-corrected chi connectivity index (χ3v) is 4.43. The van der Waals surface area contributed by atoms with Crippen molar-refractivity contribution < 1.29 is 19.4 Å². The first-order valence-electron chi connectivity index (χ1n) is 9.49. The number of aromatic carboxylic acids is 1. The smallest absolute Gasteiger partial charge is 0.335 e. The fourth-order valence-corrected chi connectivity index (χ4v) is 2.79. The minimum Gasteiger partial charge on any atom is -0.489 e. The van der Waals surface area contributed by atoms with E-state index in [2.05, 4.69) is 5.32 Å². The monoisotopic (exact) mass is 412 g/mol. The number of nitrogens with zero attached hydrogens (tertiary/aromatic N) is 1. The van der Waals surface area contributed by atoms with Crippen molar-refractivity contribution in [1.29, 1.82) is 5.26 Å². The molecule has 0 saturated heterocycles. The summed E-state index contributed by atoms with van der Waals surface area (Å²) in [6.45, 7) is 2.42. The summed E-state index contributed by atoms with van der Waals surface area (Å²) in [5.41, 5.74) is 3.06. The number of aryl methyl sites for hydroxylation is 1. The van der Waals surface area contributed by atoms with Crippen molar-refractivity contribution in [1.82, 2.24) is 0 Å². The van der Waals surface area contributed by atoms with Crippen LogP contribution in [0.2, 0.25) is 0 Å². The molecule has 6 nitrogen and oxygen atoms in total. The van der Waals surface area contributed by atoms with Gasteiger partial charge in [0, 0.05) is 5.69 Å². The molecule has 31 heavy (non-hydrogen) atoms. The van der Waals surface area contributed by atoms with E-state index < -0.39 is 11.9 Å². The van der Waals surface area contributed by atoms with E-state index >= 15 is 0 Å². The van der Waals surface area contributed by atoms with Crippen LogP contribution in [0.15, 0.2) is 78.4 Å². The Morgan fingerprint density at radius 2 is 1.81 bits per heavy atom. The number of carbonyl (C=O) groups excluding carboxylic acids is 1. The van der Waals surface area contributed by atoms with Crippen LogP contribution in [-0.2, 0) is 11.4 Å². The standard InChI is InChI=1S/C25H20N2O4/c1-17-8-10-18(11-9-17)16-31-23-7-2-4-19(13-23)12-21(15-26)24(28)27-22-6-3-5-20(14-22)25(29)30/h2-14H,16H2,1H3,(H,27,28)(H,29,30). The van der Waals surface area contributed by atoms with Gasteiger partial charge in [0.05, 0.1) is 5.56 Å². The van der Waals surface area contributed by atoms with Gasteiger partial charge in [0.2, 0.25) is 0 Å². The average molecular weight is 412 g/mol. The van der Waals surface area contributed by atoms with Gasteiger partial charge in [-0.2, -0.15) is 5.26 Å². The fraction of sp³-hybridized carbons (Fsp3) is 0.0800. The molecule has 0 aliphatic rings. The van der Waals surface area contributed by atoms with Crippen molar-refractivity contribution in [2.24, 2.45) is 0 Å². The molecule has 1 amide bonds. The molecule has 154 valence electrons. The van der Waals surface area contributed by atoms with Crippen LogP contribution in [0.1, 0.15) is 27.0 Å². The highest BCUT2D eigenvalue weighted by molar-refractivity contribution is 6.10. The van der Waals surface area contributed by atoms with Gasteiger partial charge >= 0.3 is 5.97 Å². The second-order valence-electron chi connectivity index (χ2n) is 6.86. The number of carbonyl (C=O) groups is 2. The SMILES string of the molecule is Cc1ccc(COc2cccc(C=C(C#N)C(=O)Nc3cccc(C(=O)O)c3)c2)cc1. The highest BCUT2D eigenvalue weighted by Gasteiger charge is 2.11. The largest absolute Gasteiger partial charge is 0.489 e. The zero-order valence-electron chi connectivity index (χ0n) is 16.8. The molecule has 0 aliphatic carbocycles. The van der Waals surface area contributed by atoms with E-state index in [-0.39, 0.29) is 11.1 Å². The summed E-state index contributed by atoms with van der Waals surface area (Å²) < 4.78 is 5.81. The van der Waals surface area contributed by atoms with Crippen molar-refractivity contribution in [3.8, 4) is 11.8 Å². The Balaban J connectivity index is 1.71. The molecule has 0 aromatic heterocycles. The Morgan fingerprint density at radius 1 is 1.06 bits per heavy atom. The lowest BCUT2D eigenvalue weighted by Gasteiger charge is -2.08. The van der Waals surface area contributed by atoms with E-state index in [1.54, 1.807) is 30.3 Å². The molecular formula is C25H20N2O4. The van der Waals surface area contributed by atoms with Crippen LogP contribution in [0.3, 0.4) is 0 Å². The molecule has 0 heterocycles. The Labute approximate surface area is 180 Å². The molecule has 0 aliphatic heterocycles. The maximum Gasteiger partial charge on any atom is 0.335 e. The molecule has 0 radical (unpaired) electrons. The summed E-state index contributed by atoms with van der Waals surface area (Å²) >= 11 is 0. The van der Waals surface area contributed by atoms with E-state index in [4.69, 9.17) is 9.84 Å². The molecule has 3 aromatic rings. The first kappa shape index (κ1) is 21.3. The predicted octanol–water partition coefficient (Wildman–Crippen LogP) is 4.82. The van der Waals surface area contributed by atoms with E-state index in [1.807, 2.05) is 37.3 Å². The van der Waals surface area contributed by atoms with Crippen LogP contribution < -0.4 is 10.1 Å². The van der Waals surface area contributed by atoms with E-state index in [9.17, 15) is 14.9 Å². The topological polar surface area (TPSA) is 99.4 Å². The minimum atomic E-state index is -1.10. The van der Waals surface area contributed by atoms with Gasteiger partial charge in [0.1, 0.15) is 24.0 Å². The second-order valence-corrected chi connectivity index (χ2v) is 6.86. The van der Waals surface area contributed by atoms with Crippen molar-refractivity contribution in [3.05, 3.63) is 101 Å². The fourth-order valence-electron chi connectivity index (χ4n) is 2.79. The molecule has 0 bridgehead atoms. The van der Waals surface area contributed by atoms with Gasteiger partial charge in [0.15, 0.2) is 0 Å². The van der Waals surface area contributed by atoms with Crippen LogP contribution in [0, 0.1) is 18.3 Å². The molecule has 2 N–H and O–H groups in total. The quantitative estimate of drug-likeness (QED) is 0.428. The van der Waals surface area contributed by atoms with Gasteiger partial charge in [-0.1, -0.05) is 48.0 Å². The van der Waals surface area contributed by atoms with Crippen LogP contribution in [0.5, 0.6) is 5.75 Å². The summed E-state index contributed by atoms with van der Waals surface area (Å²) in [5.74, 6) is -1.12. The van der Waals surface area contributed by atoms with Crippen molar-refractivity contribution in [3.63, 3.8) is 0 Å². The van der Waals surface area contributed by atoms with Crippen molar-refractivity contribution >= 4 is 23.6 Å². The molecule has 0 atom stereocenters. The first-order valence-corrected chi connectivity index (χ1v) is 9.49. The second kappa shape index (κ2) is 9.90. The Morgan fingerprint density at radius 3 is 2.52 bits per heavy atom. The zero-order valence-corrected chi connectivity index (χ0v) is 16.8. The molecule has 3 rings (SSSR count). The zero-order chi connectivity index (χ0) is 22.2. The highest BCUT2D eigenvalue weighted by atomic mass is 16.5. The number of carboxylic acid groups (broad SMARTS) is 1. The van der Waals surface area contributed by atoms with Gasteiger partial charge < -0.3 is 15.2 Å². The number of nitrogens with one attached hydrogen (secondary N) is 1. The number of amides is 1. The summed E-state index contributed by atoms with van der Waals surface area (Å²) in [7, 11) is 0. The van der Waals surface area contributed by atoms with Gasteiger partial charge in [-0.05, 0) is 54.5 Å². The summed E-state index contributed by atoms with van der Waals surface area (Å²) in [5, 5.41) is 21.0. The maximum absolute atomic E-state index is 12.5. The lowest BCUT2D eigenvalue weighted by molar-refractivity contribution is -0.112. The molecule has 0 spiro atoms. The molecule has 0 saturated carbocycles. The number of nitriles is 1. The average Bonchev–Trinajstić information content (AvgIpc) is 2.77. The first-order chi connectivity index (χ1) is 14.9. The van der Waals surface area contributed by atoms with Crippen LogP contribution >= 0.6 is 0 Å². The normalized spacial score (nSPS) is 10.8. The Bertz CT molecular complexity index is 1170. The third kappa shape index (κ3) is 6.05. The molecule has 3 aromatic carbocycles. The van der Waals surface area contributed by atoms with E-state index in [1.165, 1.54) is 29.8 Å². The number of hydrogen-bond acceptors (Lipinski definition) is 4. The molecule has 6 heteroatoms. The van der Waals surface area contributed by atoms with E-state index in [0.29, 0.717) is 23.6 Å². The lowest BCUT2D eigenvalue weighted by atomic mass is 10.1. The van der Waals surface area contributed by atoms with Gasteiger partial charge in [-0.3, -0.25) is 4.79 Å². The number of carboxylic acids is 1. The molecular weight excluding hydrogens is 392 g/mol. The maximum atomic E-state index is 12.5. The predicted molar refractivity (Wildman–Crippen MR) is 118 cm³/mol. The van der Waals surface area contributed by atoms with Gasteiger partial charge in [-0.25, -0.2) is 4.79 Å². The number of rotatable bonds is 7. The van der Waals surface area contributed by atoms with Crippen LogP contribution in [0.25, 0.3) is 6.08 Å². The Kier molecular flexibility index (Phi) is 6.82. The number of hydrogen-bond donors (Lipinski definition) is 2. The van der Waals surface area contributed by atoms with Crippen molar-refractivity contribution in [2.45, 2.75) is 13.5 Å². The van der Waals surface area contributed by atoms with Gasteiger partial charge in [-0.15, -0.1) is 0 Å². The number of benzene rings is 3. The lowest BCUT2D eigenvalue weighted by Crippen LogP contribution is -2.13. The van der Waals surface area contributed by atoms with Crippen LogP contribution in [0.4, 0.5) is 5.69 Å². The number of ether oxygens (including phenoxy) is 1. The summed E-state index contributed by atoms with van der Waals surface area (Å²) in [6.07, 6.45) is 1.45. The van der Waals surface area contributed by atoms with E-state index in [0.717, 1.165) is 5.56 Å². The number of anilines is 1. The minimum absolute atomic E-state index is 0.0405. The summed E-state index contributed by atoms with van der Waals surface area (Å²) in [6, 6.07) is 22.8. The van der Waals surface area contributed by atoms with Crippen molar-refractivity contribution in [2.75, 3.05) is 5.32 Å².